The summed E-state index contributed by atoms with van der Waals surface area (Å²) in [6.07, 6.45) is 0.415. The van der Waals surface area contributed by atoms with Crippen molar-refractivity contribution >= 4 is 28.9 Å². The van der Waals surface area contributed by atoms with Gasteiger partial charge in [0.15, 0.2) is 0 Å². The maximum atomic E-state index is 12.3. The molecule has 0 aromatic heterocycles. The smallest absolute Gasteiger partial charge is 0.243 e. The van der Waals surface area contributed by atoms with Gasteiger partial charge in [0.05, 0.1) is 18.8 Å². The molecule has 138 valence electrons. The molecule has 0 fully saturated rings. The van der Waals surface area contributed by atoms with E-state index in [9.17, 15) is 9.59 Å². The van der Waals surface area contributed by atoms with Crippen LogP contribution in [0.1, 0.15) is 25.8 Å². The van der Waals surface area contributed by atoms with Gasteiger partial charge < -0.3 is 20.7 Å². The summed E-state index contributed by atoms with van der Waals surface area (Å²) in [5.41, 5.74) is 3.13. The number of amides is 2. The Labute approximate surface area is 153 Å². The minimum Gasteiger partial charge on any atom is -0.492 e. The molecule has 0 aliphatic heterocycles. The molecule has 0 saturated heterocycles. The summed E-state index contributed by atoms with van der Waals surface area (Å²) in [7, 11) is 0. The van der Waals surface area contributed by atoms with Gasteiger partial charge in [-0.1, -0.05) is 25.1 Å². The molecule has 2 amide bonds. The Balaban J connectivity index is 1.99. The number of aryl methyl sites for hydroxylation is 1. The highest BCUT2D eigenvalue weighted by Crippen LogP contribution is 2.24. The van der Waals surface area contributed by atoms with Crippen LogP contribution in [0, 0.1) is 6.92 Å². The minimum absolute atomic E-state index is 0.0509. The fourth-order valence-corrected chi connectivity index (χ4v) is 2.36. The number of hydrogen-bond acceptors (Lipinski definition) is 4. The Morgan fingerprint density at radius 1 is 0.962 bits per heavy atom. The Hall–Kier alpha value is -3.02. The Morgan fingerprint density at radius 2 is 1.73 bits per heavy atom. The highest BCUT2D eigenvalue weighted by atomic mass is 16.5. The van der Waals surface area contributed by atoms with Crippen molar-refractivity contribution in [1.29, 1.82) is 0 Å². The van der Waals surface area contributed by atoms with Crippen molar-refractivity contribution in [2.24, 2.45) is 0 Å². The summed E-state index contributed by atoms with van der Waals surface area (Å²) in [5, 5.41) is 8.77. The van der Waals surface area contributed by atoms with Gasteiger partial charge in [0.1, 0.15) is 5.75 Å². The highest BCUT2D eigenvalue weighted by Gasteiger charge is 2.09. The predicted octanol–water partition coefficient (Wildman–Crippen LogP) is 3.79. The first-order chi connectivity index (χ1) is 12.5. The minimum atomic E-state index is -0.181. The predicted molar refractivity (Wildman–Crippen MR) is 105 cm³/mol. The van der Waals surface area contributed by atoms with E-state index in [2.05, 4.69) is 16.0 Å². The lowest BCUT2D eigenvalue weighted by molar-refractivity contribution is -0.116. The van der Waals surface area contributed by atoms with Crippen LogP contribution in [0.15, 0.2) is 42.5 Å². The molecule has 0 aliphatic rings. The lowest BCUT2D eigenvalue weighted by Gasteiger charge is -2.14. The fourth-order valence-electron chi connectivity index (χ4n) is 2.36. The van der Waals surface area contributed by atoms with Crippen molar-refractivity contribution in [3.8, 4) is 5.75 Å². The summed E-state index contributed by atoms with van der Waals surface area (Å²) >= 11 is 0. The number of para-hydroxylation sites is 2. The maximum absolute atomic E-state index is 12.3. The molecule has 6 heteroatoms. The lowest BCUT2D eigenvalue weighted by Crippen LogP contribution is -2.22. The number of ether oxygens (including phenoxy) is 1. The number of benzene rings is 2. The second-order valence-corrected chi connectivity index (χ2v) is 5.76. The Bertz CT molecular complexity index is 775. The van der Waals surface area contributed by atoms with E-state index in [1.807, 2.05) is 50.2 Å². The van der Waals surface area contributed by atoms with E-state index in [4.69, 9.17) is 4.74 Å². The van der Waals surface area contributed by atoms with E-state index in [0.29, 0.717) is 30.2 Å². The third-order valence-electron chi connectivity index (χ3n) is 3.74. The molecular weight excluding hydrogens is 330 g/mol. The molecule has 0 heterocycles. The number of hydrogen-bond donors (Lipinski definition) is 3. The molecule has 0 unspecified atom stereocenters. The van der Waals surface area contributed by atoms with Crippen LogP contribution < -0.4 is 20.7 Å². The normalized spacial score (nSPS) is 10.1. The van der Waals surface area contributed by atoms with Crippen LogP contribution in [-0.2, 0) is 9.59 Å². The first kappa shape index (κ1) is 19.3. The second kappa shape index (κ2) is 9.46. The summed E-state index contributed by atoms with van der Waals surface area (Å²) < 4.78 is 5.51. The van der Waals surface area contributed by atoms with E-state index >= 15 is 0 Å². The summed E-state index contributed by atoms with van der Waals surface area (Å²) in [6.45, 7) is 6.27. The average molecular weight is 355 g/mol. The molecule has 0 atom stereocenters. The van der Waals surface area contributed by atoms with E-state index < -0.39 is 0 Å². The molecule has 2 aromatic rings. The van der Waals surface area contributed by atoms with Crippen molar-refractivity contribution in [3.05, 3.63) is 48.0 Å². The molecule has 0 saturated carbocycles. The van der Waals surface area contributed by atoms with Gasteiger partial charge in [0.2, 0.25) is 11.8 Å². The Kier molecular flexibility index (Phi) is 7.02. The zero-order valence-corrected chi connectivity index (χ0v) is 15.4. The molecule has 6 nitrogen and oxygen atoms in total. The molecular formula is C20H25N3O3. The SMILES string of the molecule is CCOc1ccccc1NC(=O)CNc1cc(NC(=O)CC)ccc1C. The quantitative estimate of drug-likeness (QED) is 0.673. The molecule has 3 N–H and O–H groups in total. The van der Waals surface area contributed by atoms with Crippen molar-refractivity contribution < 1.29 is 14.3 Å². The average Bonchev–Trinajstić information content (AvgIpc) is 2.64. The van der Waals surface area contributed by atoms with Gasteiger partial charge in [0, 0.05) is 17.8 Å². The maximum Gasteiger partial charge on any atom is 0.243 e. The molecule has 26 heavy (non-hydrogen) atoms. The third kappa shape index (κ3) is 5.51. The first-order valence-corrected chi connectivity index (χ1v) is 8.69. The van der Waals surface area contributed by atoms with Gasteiger partial charge in [-0.15, -0.1) is 0 Å². The van der Waals surface area contributed by atoms with Crippen molar-refractivity contribution in [2.75, 3.05) is 29.1 Å². The summed E-state index contributed by atoms with van der Waals surface area (Å²) in [6, 6.07) is 12.9. The second-order valence-electron chi connectivity index (χ2n) is 5.76. The Morgan fingerprint density at radius 3 is 2.46 bits per heavy atom. The van der Waals surface area contributed by atoms with Gasteiger partial charge >= 0.3 is 0 Å². The number of carbonyl (C=O) groups excluding carboxylic acids is 2. The lowest BCUT2D eigenvalue weighted by atomic mass is 10.1. The standard InChI is InChI=1S/C20H25N3O3/c1-4-19(24)22-15-11-10-14(3)17(12-15)21-13-20(25)23-16-8-6-7-9-18(16)26-5-2/h6-12,21H,4-5,13H2,1-3H3,(H,22,24)(H,23,25). The van der Waals surface area contributed by atoms with Gasteiger partial charge in [-0.2, -0.15) is 0 Å². The van der Waals surface area contributed by atoms with Crippen LogP contribution in [0.5, 0.6) is 5.75 Å². The van der Waals surface area contributed by atoms with Crippen molar-refractivity contribution in [1.82, 2.24) is 0 Å². The van der Waals surface area contributed by atoms with Gasteiger partial charge in [-0.3, -0.25) is 9.59 Å². The largest absolute Gasteiger partial charge is 0.492 e. The zero-order valence-electron chi connectivity index (χ0n) is 15.4. The van der Waals surface area contributed by atoms with Crippen LogP contribution >= 0.6 is 0 Å². The van der Waals surface area contributed by atoms with Gasteiger partial charge in [-0.05, 0) is 43.7 Å². The topological polar surface area (TPSA) is 79.5 Å². The molecule has 2 aromatic carbocycles. The number of anilines is 3. The van der Waals surface area contributed by atoms with E-state index in [0.717, 1.165) is 11.3 Å². The first-order valence-electron chi connectivity index (χ1n) is 8.69. The van der Waals surface area contributed by atoms with Gasteiger partial charge in [0.25, 0.3) is 0 Å². The fraction of sp³-hybridized carbons (Fsp3) is 0.300. The van der Waals surface area contributed by atoms with Crippen LogP contribution in [0.3, 0.4) is 0 Å². The highest BCUT2D eigenvalue weighted by molar-refractivity contribution is 5.95. The van der Waals surface area contributed by atoms with Crippen molar-refractivity contribution in [3.63, 3.8) is 0 Å². The number of rotatable bonds is 8. The molecule has 2 rings (SSSR count). The summed E-state index contributed by atoms with van der Waals surface area (Å²) in [5.74, 6) is 0.411. The van der Waals surface area contributed by atoms with E-state index in [-0.39, 0.29) is 18.4 Å². The van der Waals surface area contributed by atoms with E-state index in [1.165, 1.54) is 0 Å². The van der Waals surface area contributed by atoms with Crippen LogP contribution in [0.25, 0.3) is 0 Å². The summed E-state index contributed by atoms with van der Waals surface area (Å²) in [4.78, 5) is 23.8. The van der Waals surface area contributed by atoms with Crippen LogP contribution in [0.4, 0.5) is 17.1 Å². The van der Waals surface area contributed by atoms with E-state index in [1.54, 1.807) is 13.0 Å². The van der Waals surface area contributed by atoms with Gasteiger partial charge in [-0.25, -0.2) is 0 Å². The van der Waals surface area contributed by atoms with Crippen LogP contribution in [0.2, 0.25) is 0 Å². The molecule has 0 radical (unpaired) electrons. The van der Waals surface area contributed by atoms with Crippen molar-refractivity contribution in [2.45, 2.75) is 27.2 Å². The van der Waals surface area contributed by atoms with Crippen LogP contribution in [-0.4, -0.2) is 25.0 Å². The monoisotopic (exact) mass is 355 g/mol. The number of carbonyl (C=O) groups is 2. The number of nitrogens with one attached hydrogen (secondary N) is 3. The molecule has 0 bridgehead atoms. The molecule has 0 aliphatic carbocycles. The third-order valence-corrected chi connectivity index (χ3v) is 3.74. The molecule has 0 spiro atoms. The zero-order chi connectivity index (χ0) is 18.9.